The van der Waals surface area contributed by atoms with Crippen LogP contribution in [-0.2, 0) is 32.5 Å². The lowest BCUT2D eigenvalue weighted by Gasteiger charge is -2.28. The van der Waals surface area contributed by atoms with E-state index >= 15 is 0 Å². The van der Waals surface area contributed by atoms with Crippen molar-refractivity contribution in [1.82, 2.24) is 14.2 Å². The number of nitrogens with zero attached hydrogens (tertiary/aromatic N) is 3. The number of hydrogen-bond acceptors (Lipinski definition) is 7. The van der Waals surface area contributed by atoms with E-state index in [-0.39, 0.29) is 29.6 Å². The number of halogens is 1. The molecule has 1 heterocycles. The van der Waals surface area contributed by atoms with Crippen molar-refractivity contribution in [1.29, 1.82) is 0 Å². The maximum atomic E-state index is 13.9. The minimum Gasteiger partial charge on any atom is -0.496 e. The summed E-state index contributed by atoms with van der Waals surface area (Å²) in [6.45, 7) is -0.180. The van der Waals surface area contributed by atoms with E-state index in [0.29, 0.717) is 18.7 Å². The van der Waals surface area contributed by atoms with Gasteiger partial charge in [0.2, 0.25) is 15.9 Å². The second-order valence-corrected chi connectivity index (χ2v) is 11.8. The van der Waals surface area contributed by atoms with Gasteiger partial charge in [-0.1, -0.05) is 48.0 Å². The Morgan fingerprint density at radius 1 is 1.02 bits per heavy atom. The Morgan fingerprint density at radius 3 is 2.50 bits per heavy atom. The van der Waals surface area contributed by atoms with Gasteiger partial charge in [-0.15, -0.1) is 0 Å². The Labute approximate surface area is 248 Å². The molecule has 4 rings (SSSR count). The average molecular weight is 615 g/mol. The average Bonchev–Trinajstić information content (AvgIpc) is 3.40. The van der Waals surface area contributed by atoms with Gasteiger partial charge < -0.3 is 19.4 Å². The zero-order chi connectivity index (χ0) is 30.3. The standard InChI is InChI=1S/C29H31ClN4O7S/c1-40-16-15-33(42(38,39)23-11-12-25(30)27(17-23)34(36)37)20-29(35)32(19-22-7-3-6-10-28(22)41-2)14-13-21-18-31-26-9-5-4-8-24(21)26/h3-12,17-18,31H,13-16,19-20H2,1-2H3. The normalized spacial score (nSPS) is 11.6. The molecule has 3 aromatic carbocycles. The first-order valence-corrected chi connectivity index (χ1v) is 14.8. The smallest absolute Gasteiger partial charge is 0.289 e. The summed E-state index contributed by atoms with van der Waals surface area (Å²) in [5, 5.41) is 12.2. The summed E-state index contributed by atoms with van der Waals surface area (Å²) in [6.07, 6.45) is 2.41. The van der Waals surface area contributed by atoms with E-state index in [1.165, 1.54) is 13.2 Å². The molecule has 11 nitrogen and oxygen atoms in total. The largest absolute Gasteiger partial charge is 0.496 e. The van der Waals surface area contributed by atoms with Gasteiger partial charge in [-0.05, 0) is 36.2 Å². The van der Waals surface area contributed by atoms with E-state index in [1.54, 1.807) is 18.1 Å². The van der Waals surface area contributed by atoms with E-state index in [2.05, 4.69) is 4.98 Å². The number of nitro groups is 1. The molecule has 0 aliphatic carbocycles. The van der Waals surface area contributed by atoms with Gasteiger partial charge in [-0.3, -0.25) is 14.9 Å². The predicted molar refractivity (Wildman–Crippen MR) is 159 cm³/mol. The number of H-pyrrole nitrogens is 1. The van der Waals surface area contributed by atoms with E-state index < -0.39 is 33.1 Å². The molecule has 0 aliphatic heterocycles. The number of hydrogen-bond donors (Lipinski definition) is 1. The monoisotopic (exact) mass is 614 g/mol. The number of amides is 1. The van der Waals surface area contributed by atoms with E-state index in [0.717, 1.165) is 38.5 Å². The van der Waals surface area contributed by atoms with Gasteiger partial charge in [0.15, 0.2) is 0 Å². The zero-order valence-corrected chi connectivity index (χ0v) is 24.7. The summed E-state index contributed by atoms with van der Waals surface area (Å²) in [4.78, 5) is 29.0. The van der Waals surface area contributed by atoms with Crippen LogP contribution in [-0.4, -0.2) is 73.9 Å². The van der Waals surface area contributed by atoms with Crippen LogP contribution in [0.25, 0.3) is 10.9 Å². The van der Waals surface area contributed by atoms with Crippen LogP contribution in [0.3, 0.4) is 0 Å². The van der Waals surface area contributed by atoms with Gasteiger partial charge >= 0.3 is 0 Å². The molecular weight excluding hydrogens is 584 g/mol. The van der Waals surface area contributed by atoms with Crippen molar-refractivity contribution in [2.45, 2.75) is 17.9 Å². The number of nitrogens with one attached hydrogen (secondary N) is 1. The highest BCUT2D eigenvalue weighted by atomic mass is 35.5. The number of carbonyl (C=O) groups is 1. The van der Waals surface area contributed by atoms with Gasteiger partial charge in [-0.25, -0.2) is 8.42 Å². The highest BCUT2D eigenvalue weighted by molar-refractivity contribution is 7.89. The molecule has 0 atom stereocenters. The molecule has 0 radical (unpaired) electrons. The molecule has 1 amide bonds. The third-order valence-corrected chi connectivity index (χ3v) is 9.00. The quantitative estimate of drug-likeness (QED) is 0.161. The van der Waals surface area contributed by atoms with Gasteiger partial charge in [0, 0.05) is 55.5 Å². The molecule has 0 fully saturated rings. The van der Waals surface area contributed by atoms with Crippen molar-refractivity contribution in [2.24, 2.45) is 0 Å². The predicted octanol–water partition coefficient (Wildman–Crippen LogP) is 4.65. The zero-order valence-electron chi connectivity index (χ0n) is 23.2. The molecule has 1 N–H and O–H groups in total. The summed E-state index contributed by atoms with van der Waals surface area (Å²) in [7, 11) is -1.38. The van der Waals surface area contributed by atoms with Gasteiger partial charge in [0.05, 0.1) is 30.1 Å². The SMILES string of the molecule is COCCN(CC(=O)N(CCc1c[nH]c2ccccc12)Cc1ccccc1OC)S(=O)(=O)c1ccc(Cl)c([N+](=O)[O-])c1. The van der Waals surface area contributed by atoms with E-state index in [9.17, 15) is 23.3 Å². The number of ether oxygens (including phenoxy) is 2. The van der Waals surface area contributed by atoms with Crippen LogP contribution in [0.1, 0.15) is 11.1 Å². The Hall–Kier alpha value is -3.97. The summed E-state index contributed by atoms with van der Waals surface area (Å²) in [5.74, 6) is 0.142. The molecule has 42 heavy (non-hydrogen) atoms. The highest BCUT2D eigenvalue weighted by Gasteiger charge is 2.30. The Kier molecular flexibility index (Phi) is 10.2. The molecule has 0 saturated carbocycles. The lowest BCUT2D eigenvalue weighted by atomic mass is 10.1. The van der Waals surface area contributed by atoms with Crippen molar-refractivity contribution in [3.8, 4) is 5.75 Å². The number of aromatic amines is 1. The maximum Gasteiger partial charge on any atom is 0.289 e. The molecule has 222 valence electrons. The second kappa shape index (κ2) is 13.8. The number of carbonyl (C=O) groups excluding carboxylic acids is 1. The topological polar surface area (TPSA) is 135 Å². The fourth-order valence-electron chi connectivity index (χ4n) is 4.60. The molecule has 4 aromatic rings. The van der Waals surface area contributed by atoms with Crippen LogP contribution in [0.15, 0.2) is 77.8 Å². The summed E-state index contributed by atoms with van der Waals surface area (Å²) in [6, 6.07) is 18.4. The van der Waals surface area contributed by atoms with Crippen LogP contribution in [0, 0.1) is 10.1 Å². The number of aromatic nitrogens is 1. The summed E-state index contributed by atoms with van der Waals surface area (Å²) < 4.78 is 38.8. The van der Waals surface area contributed by atoms with Crippen molar-refractivity contribution >= 4 is 44.1 Å². The number of benzene rings is 3. The van der Waals surface area contributed by atoms with Crippen molar-refractivity contribution in [3.05, 3.63) is 99.2 Å². The van der Waals surface area contributed by atoms with Gasteiger partial charge in [-0.2, -0.15) is 4.31 Å². The van der Waals surface area contributed by atoms with Crippen LogP contribution in [0.5, 0.6) is 5.75 Å². The second-order valence-electron chi connectivity index (χ2n) is 9.44. The number of rotatable bonds is 14. The fraction of sp³-hybridized carbons (Fsp3) is 0.276. The number of methoxy groups -OCH3 is 2. The molecule has 0 saturated heterocycles. The van der Waals surface area contributed by atoms with Crippen molar-refractivity contribution < 1.29 is 27.6 Å². The maximum absolute atomic E-state index is 13.9. The first-order chi connectivity index (χ1) is 20.1. The lowest BCUT2D eigenvalue weighted by molar-refractivity contribution is -0.384. The van der Waals surface area contributed by atoms with Crippen molar-refractivity contribution in [2.75, 3.05) is 40.5 Å². The number of para-hydroxylation sites is 2. The van der Waals surface area contributed by atoms with Crippen molar-refractivity contribution in [3.63, 3.8) is 0 Å². The Balaban J connectivity index is 1.64. The van der Waals surface area contributed by atoms with Gasteiger partial charge in [0.1, 0.15) is 10.8 Å². The van der Waals surface area contributed by atoms with Crippen LogP contribution in [0.2, 0.25) is 5.02 Å². The van der Waals surface area contributed by atoms with Crippen LogP contribution >= 0.6 is 11.6 Å². The van der Waals surface area contributed by atoms with E-state index in [4.69, 9.17) is 21.1 Å². The third-order valence-electron chi connectivity index (χ3n) is 6.84. The first kappa shape index (κ1) is 31.0. The molecule has 13 heteroatoms. The molecule has 0 spiro atoms. The molecular formula is C29H31ClN4O7S. The number of fused-ring (bicyclic) bond motifs is 1. The summed E-state index contributed by atoms with van der Waals surface area (Å²) >= 11 is 5.90. The van der Waals surface area contributed by atoms with E-state index in [1.807, 2.05) is 48.7 Å². The first-order valence-electron chi connectivity index (χ1n) is 13.0. The third kappa shape index (κ3) is 7.08. The highest BCUT2D eigenvalue weighted by Crippen LogP contribution is 2.29. The van der Waals surface area contributed by atoms with Crippen LogP contribution < -0.4 is 4.74 Å². The Bertz CT molecular complexity index is 1680. The molecule has 0 unspecified atom stereocenters. The minimum atomic E-state index is -4.33. The number of nitro benzene ring substituents is 1. The minimum absolute atomic E-state index is 0.00401. The fourth-order valence-corrected chi connectivity index (χ4v) is 6.18. The summed E-state index contributed by atoms with van der Waals surface area (Å²) in [5.41, 5.74) is 2.20. The van der Waals surface area contributed by atoms with Gasteiger partial charge in [0.25, 0.3) is 5.69 Å². The molecule has 1 aromatic heterocycles. The number of sulfonamides is 1. The molecule has 0 bridgehead atoms. The molecule has 0 aliphatic rings. The Morgan fingerprint density at radius 2 is 1.76 bits per heavy atom. The lowest BCUT2D eigenvalue weighted by Crippen LogP contribution is -2.44. The van der Waals surface area contributed by atoms with Crippen LogP contribution in [0.4, 0.5) is 5.69 Å².